The second kappa shape index (κ2) is 10.3. The fourth-order valence-electron chi connectivity index (χ4n) is 2.70. The second-order valence-corrected chi connectivity index (χ2v) is 6.56. The minimum absolute atomic E-state index is 0.0299. The molecule has 5 N–H and O–H groups in total. The van der Waals surface area contributed by atoms with Crippen molar-refractivity contribution in [2.75, 3.05) is 11.1 Å². The molecule has 0 saturated carbocycles. The molecule has 0 fully saturated rings. The van der Waals surface area contributed by atoms with Crippen LogP contribution in [0.4, 0.5) is 15.9 Å². The number of rotatable bonds is 10. The maximum absolute atomic E-state index is 13.9. The van der Waals surface area contributed by atoms with Crippen molar-refractivity contribution >= 4 is 28.8 Å². The highest BCUT2D eigenvalue weighted by Gasteiger charge is 2.21. The normalized spacial score (nSPS) is 11.6. The highest BCUT2D eigenvalue weighted by atomic mass is 19.1. The fraction of sp³-hybridized carbons (Fsp3) is 0.350. The minimum atomic E-state index is -0.642. The Balaban J connectivity index is 2.05. The van der Waals surface area contributed by atoms with Gasteiger partial charge in [-0.05, 0) is 31.4 Å². The number of carbonyl (C=O) groups is 1. The van der Waals surface area contributed by atoms with Gasteiger partial charge in [0.2, 0.25) is 5.88 Å². The van der Waals surface area contributed by atoms with Crippen molar-refractivity contribution in [3.63, 3.8) is 0 Å². The molecule has 1 atom stereocenters. The first-order chi connectivity index (χ1) is 13.8. The van der Waals surface area contributed by atoms with Crippen LogP contribution in [0.3, 0.4) is 0 Å². The molecule has 0 unspecified atom stereocenters. The predicted molar refractivity (Wildman–Crippen MR) is 110 cm³/mol. The van der Waals surface area contributed by atoms with Gasteiger partial charge in [0.15, 0.2) is 11.6 Å². The topological polar surface area (TPSA) is 138 Å². The van der Waals surface area contributed by atoms with Gasteiger partial charge in [-0.3, -0.25) is 10.2 Å². The molecule has 0 bridgehead atoms. The number of benzene rings is 1. The minimum Gasteiger partial charge on any atom is -0.436 e. The first-order valence-corrected chi connectivity index (χ1v) is 9.35. The molecule has 2 aromatic rings. The smallest absolute Gasteiger partial charge is 0.270 e. The van der Waals surface area contributed by atoms with E-state index in [1.165, 1.54) is 18.2 Å². The van der Waals surface area contributed by atoms with Crippen LogP contribution in [-0.2, 0) is 4.79 Å². The Morgan fingerprint density at radius 3 is 2.69 bits per heavy atom. The molecule has 0 saturated heterocycles. The Kier molecular flexibility index (Phi) is 7.76. The lowest BCUT2D eigenvalue weighted by Gasteiger charge is -2.16. The van der Waals surface area contributed by atoms with Crippen LogP contribution in [0.1, 0.15) is 39.5 Å². The molecule has 0 spiro atoms. The Morgan fingerprint density at radius 2 is 2.03 bits per heavy atom. The van der Waals surface area contributed by atoms with Gasteiger partial charge in [0.25, 0.3) is 5.91 Å². The Morgan fingerprint density at radius 1 is 1.28 bits per heavy atom. The van der Waals surface area contributed by atoms with E-state index in [-0.39, 0.29) is 34.8 Å². The number of nitrogen functional groups attached to an aromatic ring is 1. The summed E-state index contributed by atoms with van der Waals surface area (Å²) in [6.07, 6.45) is 3.63. The summed E-state index contributed by atoms with van der Waals surface area (Å²) in [4.78, 5) is 20.3. The van der Waals surface area contributed by atoms with Gasteiger partial charge in [0.1, 0.15) is 12.1 Å². The van der Waals surface area contributed by atoms with Crippen LogP contribution in [-0.4, -0.2) is 27.3 Å². The van der Waals surface area contributed by atoms with Crippen molar-refractivity contribution in [2.45, 2.75) is 39.5 Å². The molecule has 1 aromatic carbocycles. The summed E-state index contributed by atoms with van der Waals surface area (Å²) in [5.41, 5.74) is 6.19. The van der Waals surface area contributed by atoms with Crippen molar-refractivity contribution < 1.29 is 13.9 Å². The zero-order chi connectivity index (χ0) is 21.4. The molecule has 1 heterocycles. The summed E-state index contributed by atoms with van der Waals surface area (Å²) < 4.78 is 19.3. The molecule has 1 amide bonds. The summed E-state index contributed by atoms with van der Waals surface area (Å²) in [5, 5.41) is 18.6. The molecule has 8 nitrogen and oxygen atoms in total. The van der Waals surface area contributed by atoms with Crippen LogP contribution < -0.4 is 15.8 Å². The van der Waals surface area contributed by atoms with Crippen LogP contribution in [0.15, 0.2) is 30.6 Å². The molecule has 0 radical (unpaired) electrons. The van der Waals surface area contributed by atoms with E-state index in [1.807, 2.05) is 13.8 Å². The average molecular weight is 400 g/mol. The largest absolute Gasteiger partial charge is 0.436 e. The van der Waals surface area contributed by atoms with Crippen molar-refractivity contribution in [1.29, 1.82) is 10.8 Å². The van der Waals surface area contributed by atoms with E-state index in [9.17, 15) is 9.18 Å². The molecule has 9 heteroatoms. The third-order valence-electron chi connectivity index (χ3n) is 4.24. The molecule has 2 rings (SSSR count). The van der Waals surface area contributed by atoms with Crippen molar-refractivity contribution in [3.8, 4) is 11.6 Å². The molecular weight excluding hydrogens is 375 g/mol. The van der Waals surface area contributed by atoms with Crippen LogP contribution in [0.2, 0.25) is 0 Å². The molecule has 154 valence electrons. The summed E-state index contributed by atoms with van der Waals surface area (Å²) in [5.74, 6) is -1.50. The first kappa shape index (κ1) is 21.9. The van der Waals surface area contributed by atoms with Crippen LogP contribution in [0.5, 0.6) is 11.6 Å². The lowest BCUT2D eigenvalue weighted by atomic mass is 9.92. The number of amides is 1. The monoisotopic (exact) mass is 400 g/mol. The highest BCUT2D eigenvalue weighted by molar-refractivity contribution is 6.42. The standard InChI is InChI=1S/C20H25FN6O2/c1-3-5-13(22)8-12(4-2)19(24)20(28)27-17-10-18(26-11-25-17)29-16-7-6-14(23)9-15(16)21/h6-7,9-12,22,24H,3-5,8,23H2,1-2H3,(H,25,26,27,28)/t12-/m1/s1. The number of aromatic nitrogens is 2. The van der Waals surface area contributed by atoms with E-state index >= 15 is 0 Å². The van der Waals surface area contributed by atoms with Gasteiger partial charge in [0.05, 0.1) is 5.71 Å². The van der Waals surface area contributed by atoms with E-state index < -0.39 is 11.7 Å². The number of ether oxygens (including phenoxy) is 1. The molecule has 0 aliphatic heterocycles. The summed E-state index contributed by atoms with van der Waals surface area (Å²) in [6, 6.07) is 5.32. The van der Waals surface area contributed by atoms with Gasteiger partial charge in [-0.1, -0.05) is 20.3 Å². The van der Waals surface area contributed by atoms with Crippen molar-refractivity contribution in [2.24, 2.45) is 5.92 Å². The number of nitrogens with zero attached hydrogens (tertiary/aromatic N) is 2. The van der Waals surface area contributed by atoms with Gasteiger partial charge in [0, 0.05) is 29.4 Å². The zero-order valence-electron chi connectivity index (χ0n) is 16.5. The van der Waals surface area contributed by atoms with Crippen molar-refractivity contribution in [1.82, 2.24) is 9.97 Å². The van der Waals surface area contributed by atoms with Crippen LogP contribution in [0, 0.1) is 22.6 Å². The number of anilines is 2. The Labute approximate surface area is 168 Å². The van der Waals surface area contributed by atoms with E-state index in [4.69, 9.17) is 21.3 Å². The lowest BCUT2D eigenvalue weighted by Crippen LogP contribution is -2.30. The molecular formula is C20H25FN6O2. The average Bonchev–Trinajstić information content (AvgIpc) is 2.68. The van der Waals surface area contributed by atoms with E-state index in [1.54, 1.807) is 0 Å². The van der Waals surface area contributed by atoms with E-state index in [0.29, 0.717) is 25.0 Å². The quantitative estimate of drug-likeness (QED) is 0.350. The molecule has 0 aliphatic carbocycles. The maximum atomic E-state index is 13.9. The first-order valence-electron chi connectivity index (χ1n) is 9.35. The number of halogens is 1. The van der Waals surface area contributed by atoms with Gasteiger partial charge in [-0.25, -0.2) is 14.4 Å². The fourth-order valence-corrected chi connectivity index (χ4v) is 2.70. The maximum Gasteiger partial charge on any atom is 0.270 e. The SMILES string of the molecule is CCCC(=N)C[C@@H](CC)C(=N)C(=O)Nc1cc(Oc2ccc(N)cc2F)ncn1. The molecule has 0 aliphatic rings. The predicted octanol–water partition coefficient (Wildman–Crippen LogP) is 4.18. The second-order valence-electron chi connectivity index (χ2n) is 6.56. The number of nitrogens with one attached hydrogen (secondary N) is 3. The lowest BCUT2D eigenvalue weighted by molar-refractivity contribution is -0.110. The van der Waals surface area contributed by atoms with Crippen LogP contribution >= 0.6 is 0 Å². The molecule has 29 heavy (non-hydrogen) atoms. The van der Waals surface area contributed by atoms with Gasteiger partial charge >= 0.3 is 0 Å². The Bertz CT molecular complexity index is 902. The third kappa shape index (κ3) is 6.34. The van der Waals surface area contributed by atoms with Gasteiger partial charge in [-0.2, -0.15) is 0 Å². The highest BCUT2D eigenvalue weighted by Crippen LogP contribution is 2.25. The third-order valence-corrected chi connectivity index (χ3v) is 4.24. The van der Waals surface area contributed by atoms with Crippen molar-refractivity contribution in [3.05, 3.63) is 36.4 Å². The Hall–Kier alpha value is -3.36. The number of nitrogens with two attached hydrogens (primary N) is 1. The number of carbonyl (C=O) groups excluding carboxylic acids is 1. The summed E-state index contributed by atoms with van der Waals surface area (Å²) in [7, 11) is 0. The van der Waals surface area contributed by atoms with Crippen LogP contribution in [0.25, 0.3) is 0 Å². The van der Waals surface area contributed by atoms with Gasteiger partial charge in [-0.15, -0.1) is 0 Å². The zero-order valence-corrected chi connectivity index (χ0v) is 16.5. The summed E-state index contributed by atoms with van der Waals surface area (Å²) >= 11 is 0. The van der Waals surface area contributed by atoms with E-state index in [2.05, 4.69) is 15.3 Å². The summed E-state index contributed by atoms with van der Waals surface area (Å²) in [6.45, 7) is 3.86. The van der Waals surface area contributed by atoms with Gasteiger partial charge < -0.3 is 21.2 Å². The molecule has 1 aromatic heterocycles. The number of hydrogen-bond acceptors (Lipinski definition) is 7. The van der Waals surface area contributed by atoms with E-state index in [0.717, 1.165) is 18.8 Å². The number of hydrogen-bond donors (Lipinski definition) is 4.